The summed E-state index contributed by atoms with van der Waals surface area (Å²) in [6.07, 6.45) is 14.8. The molecule has 0 heterocycles. The number of carboxylic acid groups (broad SMARTS) is 1. The van der Waals surface area contributed by atoms with Crippen LogP contribution in [0.3, 0.4) is 0 Å². The quantitative estimate of drug-likeness (QED) is 0.229. The van der Waals surface area contributed by atoms with E-state index in [-0.39, 0.29) is 28.3 Å². The molecule has 0 spiro atoms. The number of fused-ring (bicyclic) bond motifs is 5. The van der Waals surface area contributed by atoms with Crippen molar-refractivity contribution in [3.05, 3.63) is 23.3 Å². The molecule has 0 saturated heterocycles. The fourth-order valence-electron chi connectivity index (χ4n) is 9.90. The zero-order valence-corrected chi connectivity index (χ0v) is 24.1. The summed E-state index contributed by atoms with van der Waals surface area (Å²) in [6, 6.07) is 0. The fourth-order valence-corrected chi connectivity index (χ4v) is 9.90. The lowest BCUT2D eigenvalue weighted by Gasteiger charge is -2.64. The third kappa shape index (κ3) is 4.09. The Kier molecular flexibility index (Phi) is 7.10. The molecule has 4 aliphatic rings. The van der Waals surface area contributed by atoms with Gasteiger partial charge in [-0.15, -0.1) is 0 Å². The van der Waals surface area contributed by atoms with Gasteiger partial charge in [0.05, 0.1) is 0 Å². The van der Waals surface area contributed by atoms with E-state index >= 15 is 0 Å². The van der Waals surface area contributed by atoms with Crippen LogP contribution in [0.1, 0.15) is 113 Å². The van der Waals surface area contributed by atoms with Crippen molar-refractivity contribution in [2.45, 2.75) is 119 Å². The number of allylic oxidation sites excluding steroid dienone is 3. The summed E-state index contributed by atoms with van der Waals surface area (Å²) in [4.78, 5) is 23.0. The van der Waals surface area contributed by atoms with Gasteiger partial charge in [-0.05, 0) is 105 Å². The molecule has 0 bridgehead atoms. The van der Waals surface area contributed by atoms with Crippen molar-refractivity contribution in [1.29, 1.82) is 0 Å². The fraction of sp³-hybridized carbons (Fsp3) is 0.812. The Bertz CT molecular complexity index is 959. The van der Waals surface area contributed by atoms with E-state index in [4.69, 9.17) is 4.74 Å². The van der Waals surface area contributed by atoms with E-state index in [9.17, 15) is 14.7 Å². The highest BCUT2D eigenvalue weighted by Crippen LogP contribution is 2.73. The Morgan fingerprint density at radius 3 is 2.42 bits per heavy atom. The van der Waals surface area contributed by atoms with Crippen molar-refractivity contribution in [1.82, 2.24) is 0 Å². The summed E-state index contributed by atoms with van der Waals surface area (Å²) in [7, 11) is 0. The Balaban J connectivity index is 1.57. The second-order valence-corrected chi connectivity index (χ2v) is 14.1. The number of carbonyl (C=O) groups is 2. The van der Waals surface area contributed by atoms with Gasteiger partial charge in [-0.25, -0.2) is 4.79 Å². The highest BCUT2D eigenvalue weighted by atomic mass is 16.5. The summed E-state index contributed by atoms with van der Waals surface area (Å²) in [5, 5.41) is 9.19. The number of hydrogen-bond donors (Lipinski definition) is 1. The molecule has 0 radical (unpaired) electrons. The summed E-state index contributed by atoms with van der Waals surface area (Å²) in [6.45, 7) is 18.0. The molecule has 0 amide bonds. The minimum Gasteiger partial charge on any atom is -0.478 e. The number of rotatable bonds is 6. The molecule has 4 nitrogen and oxygen atoms in total. The van der Waals surface area contributed by atoms with Gasteiger partial charge in [-0.3, -0.25) is 4.79 Å². The Hall–Kier alpha value is -1.58. The first-order valence-electron chi connectivity index (χ1n) is 14.5. The zero-order valence-electron chi connectivity index (χ0n) is 24.1. The lowest BCUT2D eigenvalue weighted by Crippen LogP contribution is -2.58. The van der Waals surface area contributed by atoms with Crippen molar-refractivity contribution in [2.24, 2.45) is 45.3 Å². The number of esters is 1. The smallest absolute Gasteiger partial charge is 0.330 e. The second kappa shape index (κ2) is 9.31. The summed E-state index contributed by atoms with van der Waals surface area (Å²) in [5.41, 5.74) is 2.99. The molecule has 36 heavy (non-hydrogen) atoms. The third-order valence-electron chi connectivity index (χ3n) is 12.2. The molecular weight excluding hydrogens is 448 g/mol. The van der Waals surface area contributed by atoms with Crippen LogP contribution in [0, 0.1) is 45.3 Å². The van der Waals surface area contributed by atoms with Crippen LogP contribution in [-0.4, -0.2) is 23.1 Å². The van der Waals surface area contributed by atoms with Gasteiger partial charge in [0.1, 0.15) is 6.10 Å². The van der Waals surface area contributed by atoms with Crippen molar-refractivity contribution < 1.29 is 19.4 Å². The lowest BCUT2D eigenvalue weighted by molar-refractivity contribution is -0.174. The van der Waals surface area contributed by atoms with Gasteiger partial charge in [0, 0.05) is 17.9 Å². The monoisotopic (exact) mass is 498 g/mol. The molecule has 4 aliphatic carbocycles. The van der Waals surface area contributed by atoms with Crippen LogP contribution in [0.15, 0.2) is 23.3 Å². The van der Waals surface area contributed by atoms with Crippen molar-refractivity contribution >= 4 is 11.9 Å². The first kappa shape index (κ1) is 27.5. The van der Waals surface area contributed by atoms with Crippen molar-refractivity contribution in [3.8, 4) is 0 Å². The van der Waals surface area contributed by atoms with Crippen LogP contribution in [0.25, 0.3) is 0 Å². The molecule has 3 saturated carbocycles. The first-order chi connectivity index (χ1) is 16.7. The van der Waals surface area contributed by atoms with Crippen molar-refractivity contribution in [3.63, 3.8) is 0 Å². The van der Waals surface area contributed by atoms with E-state index in [1.807, 2.05) is 6.08 Å². The first-order valence-corrected chi connectivity index (χ1v) is 14.5. The molecule has 0 aliphatic heterocycles. The molecule has 0 aromatic carbocycles. The van der Waals surface area contributed by atoms with E-state index in [0.717, 1.165) is 32.1 Å². The van der Waals surface area contributed by atoms with Gasteiger partial charge in [0.25, 0.3) is 0 Å². The molecule has 8 atom stereocenters. The van der Waals surface area contributed by atoms with Crippen LogP contribution in [-0.2, 0) is 14.3 Å². The molecule has 1 N–H and O–H groups in total. The topological polar surface area (TPSA) is 63.6 Å². The highest BCUT2D eigenvalue weighted by molar-refractivity contribution is 5.85. The molecule has 1 unspecified atom stereocenters. The van der Waals surface area contributed by atoms with E-state index in [1.54, 1.807) is 19.4 Å². The molecule has 4 rings (SSSR count). The summed E-state index contributed by atoms with van der Waals surface area (Å²) >= 11 is 0. The SMILES string of the molecule is CC(=O)O[C@@H]1CC[C@@]2(C)C(CC=C3[C@@H]2CC[C@]2(C)[C@@H]([C@H](C)CC/C=C(\C)C(=O)O)CC[C@@]32C)C1(C)C. The third-order valence-corrected chi connectivity index (χ3v) is 12.2. The normalized spacial score (nSPS) is 42.4. The molecule has 0 aromatic heterocycles. The maximum Gasteiger partial charge on any atom is 0.330 e. The lowest BCUT2D eigenvalue weighted by atomic mass is 9.41. The maximum absolute atomic E-state index is 11.8. The van der Waals surface area contributed by atoms with E-state index in [1.165, 1.54) is 25.7 Å². The molecular formula is C32H50O4. The standard InChI is InChI=1S/C32H50O4/c1-20(10-9-11-21(2)28(34)35)23-14-18-32(8)25-12-13-26-29(4,5)27(36-22(3)33)16-17-30(26,6)24(25)15-19-31(23,32)7/h11-12,20,23-24,26-27H,9-10,13-19H2,1-8H3,(H,34,35)/b21-11+/t20-,23-,24+,26?,27-,30-,31-,32+/m1/s1. The van der Waals surface area contributed by atoms with E-state index < -0.39 is 5.97 Å². The maximum atomic E-state index is 11.8. The van der Waals surface area contributed by atoms with Crippen LogP contribution >= 0.6 is 0 Å². The predicted molar refractivity (Wildman–Crippen MR) is 144 cm³/mol. The number of aliphatic carboxylic acids is 1. The number of carboxylic acids is 1. The van der Waals surface area contributed by atoms with Gasteiger partial charge in [-0.2, -0.15) is 0 Å². The molecule has 202 valence electrons. The van der Waals surface area contributed by atoms with Crippen molar-refractivity contribution in [2.75, 3.05) is 0 Å². The summed E-state index contributed by atoms with van der Waals surface area (Å²) < 4.78 is 5.85. The predicted octanol–water partition coefficient (Wildman–Crippen LogP) is 7.97. The Labute approximate surface area is 219 Å². The molecule has 3 fully saturated rings. The van der Waals surface area contributed by atoms with Gasteiger partial charge >= 0.3 is 11.9 Å². The highest BCUT2D eigenvalue weighted by Gasteiger charge is 2.65. The number of carbonyl (C=O) groups excluding carboxylic acids is 1. The zero-order chi connectivity index (χ0) is 26.7. The van der Waals surface area contributed by atoms with Crippen LogP contribution in [0.4, 0.5) is 0 Å². The van der Waals surface area contributed by atoms with Crippen LogP contribution in [0.5, 0.6) is 0 Å². The van der Waals surface area contributed by atoms with E-state index in [2.05, 4.69) is 47.6 Å². The second-order valence-electron chi connectivity index (χ2n) is 14.1. The minimum absolute atomic E-state index is 0.0167. The number of ether oxygens (including phenoxy) is 1. The average Bonchev–Trinajstić information content (AvgIpc) is 3.07. The van der Waals surface area contributed by atoms with Gasteiger partial charge in [0.15, 0.2) is 0 Å². The van der Waals surface area contributed by atoms with Gasteiger partial charge < -0.3 is 9.84 Å². The average molecular weight is 499 g/mol. The number of hydrogen-bond acceptors (Lipinski definition) is 3. The minimum atomic E-state index is -0.803. The van der Waals surface area contributed by atoms with Crippen LogP contribution in [0.2, 0.25) is 0 Å². The Morgan fingerprint density at radius 2 is 1.78 bits per heavy atom. The van der Waals surface area contributed by atoms with Gasteiger partial charge in [0.2, 0.25) is 0 Å². The van der Waals surface area contributed by atoms with E-state index in [0.29, 0.717) is 34.7 Å². The Morgan fingerprint density at radius 1 is 1.08 bits per heavy atom. The molecule has 4 heteroatoms. The van der Waals surface area contributed by atoms with Crippen LogP contribution < -0.4 is 0 Å². The molecule has 0 aromatic rings. The largest absolute Gasteiger partial charge is 0.478 e. The summed E-state index contributed by atoms with van der Waals surface area (Å²) in [5.74, 6) is 1.49. The van der Waals surface area contributed by atoms with Gasteiger partial charge in [-0.1, -0.05) is 59.3 Å².